The van der Waals surface area contributed by atoms with Crippen LogP contribution in [0, 0.1) is 0 Å². The Morgan fingerprint density at radius 2 is 2.16 bits per heavy atom. The van der Waals surface area contributed by atoms with Crippen molar-refractivity contribution < 1.29 is 19.4 Å². The molecule has 1 aromatic rings. The van der Waals surface area contributed by atoms with Crippen LogP contribution in [0.3, 0.4) is 0 Å². The molecule has 0 heterocycles. The summed E-state index contributed by atoms with van der Waals surface area (Å²) >= 11 is 5.75. The topological polar surface area (TPSA) is 78.9 Å². The Hall–Kier alpha value is -1.79. The molecule has 0 spiro atoms. The largest absolute Gasteiger partial charge is 0.473 e. The summed E-state index contributed by atoms with van der Waals surface area (Å²) in [5.41, 5.74) is 0. The summed E-state index contributed by atoms with van der Waals surface area (Å²) in [6.45, 7) is -0.162. The van der Waals surface area contributed by atoms with E-state index in [1.54, 1.807) is 31.3 Å². The van der Waals surface area contributed by atoms with Gasteiger partial charge in [-0.15, -0.1) is 0 Å². The van der Waals surface area contributed by atoms with Gasteiger partial charge in [-0.05, 0) is 31.3 Å². The second-order valence-electron chi connectivity index (χ2n) is 3.70. The summed E-state index contributed by atoms with van der Waals surface area (Å²) in [6.07, 6.45) is -1.20. The zero-order valence-electron chi connectivity index (χ0n) is 10.4. The average molecular weight is 287 g/mol. The molecule has 1 aromatic carbocycles. The number of nitrogens with one attached hydrogen (secondary N) is 1. The van der Waals surface area contributed by atoms with Gasteiger partial charge in [0.25, 0.3) is 0 Å². The molecule has 0 saturated heterocycles. The predicted molar refractivity (Wildman–Crippen MR) is 70.6 cm³/mol. The van der Waals surface area contributed by atoms with Gasteiger partial charge in [-0.25, -0.2) is 4.79 Å². The van der Waals surface area contributed by atoms with Gasteiger partial charge in [0, 0.05) is 5.02 Å². The van der Waals surface area contributed by atoms with Gasteiger partial charge in [-0.3, -0.25) is 10.2 Å². The van der Waals surface area contributed by atoms with E-state index in [-0.39, 0.29) is 13.1 Å². The van der Waals surface area contributed by atoms with E-state index in [4.69, 9.17) is 21.4 Å². The van der Waals surface area contributed by atoms with Crippen LogP contribution in [0.2, 0.25) is 5.02 Å². The summed E-state index contributed by atoms with van der Waals surface area (Å²) in [7, 11) is 1.64. The number of carbonyl (C=O) groups is 2. The van der Waals surface area contributed by atoms with Gasteiger partial charge in [0.2, 0.25) is 0 Å². The highest BCUT2D eigenvalue weighted by molar-refractivity contribution is 6.30. The molecular formula is C12H15ClN2O4. The molecule has 0 bridgehead atoms. The molecule has 0 saturated carbocycles. The first-order chi connectivity index (χ1) is 9.06. The first-order valence-electron chi connectivity index (χ1n) is 5.57. The molecule has 0 aliphatic carbocycles. The lowest BCUT2D eigenvalue weighted by molar-refractivity contribution is -0.108. The molecule has 0 fully saturated rings. The van der Waals surface area contributed by atoms with Crippen LogP contribution in [0.25, 0.3) is 0 Å². The Balaban J connectivity index is 2.64. The van der Waals surface area contributed by atoms with E-state index in [1.807, 2.05) is 0 Å². The Kier molecular flexibility index (Phi) is 6.11. The highest BCUT2D eigenvalue weighted by atomic mass is 35.5. The third-order valence-electron chi connectivity index (χ3n) is 2.37. The monoisotopic (exact) mass is 286 g/mol. The Morgan fingerprint density at radius 3 is 2.63 bits per heavy atom. The van der Waals surface area contributed by atoms with Crippen LogP contribution in [0.5, 0.6) is 5.75 Å². The van der Waals surface area contributed by atoms with Crippen molar-refractivity contribution in [1.82, 2.24) is 10.2 Å². The molecule has 6 nitrogen and oxygen atoms in total. The van der Waals surface area contributed by atoms with Crippen molar-refractivity contribution in [3.63, 3.8) is 0 Å². The molecule has 1 unspecified atom stereocenters. The maximum atomic E-state index is 10.9. The number of aldehydes is 1. The Morgan fingerprint density at radius 1 is 1.53 bits per heavy atom. The highest BCUT2D eigenvalue weighted by Gasteiger charge is 2.18. The molecule has 19 heavy (non-hydrogen) atoms. The Bertz CT molecular complexity index is 424. The van der Waals surface area contributed by atoms with E-state index in [1.165, 1.54) is 0 Å². The number of hydrogen-bond acceptors (Lipinski definition) is 4. The lowest BCUT2D eigenvalue weighted by Crippen LogP contribution is -2.45. The molecule has 0 aromatic heterocycles. The van der Waals surface area contributed by atoms with Crippen molar-refractivity contribution in [2.45, 2.75) is 6.23 Å². The SMILES string of the molecule is CNC(CN(CC=O)C(=O)O)Oc1ccc(Cl)cc1. The molecular weight excluding hydrogens is 272 g/mol. The van der Waals surface area contributed by atoms with E-state index in [9.17, 15) is 9.59 Å². The quantitative estimate of drug-likeness (QED) is 0.586. The fourth-order valence-corrected chi connectivity index (χ4v) is 1.51. The average Bonchev–Trinajstić information content (AvgIpc) is 2.39. The van der Waals surface area contributed by atoms with Crippen LogP contribution in [-0.4, -0.2) is 48.8 Å². The molecule has 2 N–H and O–H groups in total. The van der Waals surface area contributed by atoms with Crippen molar-refractivity contribution in [1.29, 1.82) is 0 Å². The molecule has 104 valence electrons. The maximum Gasteiger partial charge on any atom is 0.407 e. The molecule has 0 aliphatic rings. The van der Waals surface area contributed by atoms with Crippen molar-refractivity contribution in [3.8, 4) is 5.75 Å². The lowest BCUT2D eigenvalue weighted by Gasteiger charge is -2.24. The number of nitrogens with zero attached hydrogens (tertiary/aromatic N) is 1. The number of halogens is 1. The molecule has 1 rings (SSSR count). The Labute approximate surface area is 115 Å². The van der Waals surface area contributed by atoms with E-state index in [2.05, 4.69) is 5.32 Å². The minimum Gasteiger partial charge on any atom is -0.473 e. The summed E-state index contributed by atoms with van der Waals surface area (Å²) < 4.78 is 5.55. The number of rotatable bonds is 7. The van der Waals surface area contributed by atoms with E-state index in [0.29, 0.717) is 17.1 Å². The van der Waals surface area contributed by atoms with E-state index >= 15 is 0 Å². The van der Waals surface area contributed by atoms with Crippen LogP contribution < -0.4 is 10.1 Å². The number of carboxylic acid groups (broad SMARTS) is 1. The summed E-state index contributed by atoms with van der Waals surface area (Å²) in [4.78, 5) is 22.3. The summed E-state index contributed by atoms with van der Waals surface area (Å²) in [6, 6.07) is 6.70. The zero-order chi connectivity index (χ0) is 14.3. The van der Waals surface area contributed by atoms with Gasteiger partial charge in [0.05, 0.1) is 13.1 Å². The number of carbonyl (C=O) groups excluding carboxylic acids is 1. The fraction of sp³-hybridized carbons (Fsp3) is 0.333. The number of likely N-dealkylation sites (N-methyl/N-ethyl adjacent to an activating group) is 1. The van der Waals surface area contributed by atoms with Crippen LogP contribution in [0.15, 0.2) is 24.3 Å². The second kappa shape index (κ2) is 7.60. The highest BCUT2D eigenvalue weighted by Crippen LogP contribution is 2.16. The van der Waals surface area contributed by atoms with Crippen molar-refractivity contribution >= 4 is 24.0 Å². The second-order valence-corrected chi connectivity index (χ2v) is 4.14. The predicted octanol–water partition coefficient (Wildman–Crippen LogP) is 1.44. The first kappa shape index (κ1) is 15.3. The number of amides is 1. The van der Waals surface area contributed by atoms with Gasteiger partial charge in [-0.2, -0.15) is 0 Å². The van der Waals surface area contributed by atoms with Crippen molar-refractivity contribution in [2.24, 2.45) is 0 Å². The lowest BCUT2D eigenvalue weighted by atomic mass is 10.3. The van der Waals surface area contributed by atoms with Crippen LogP contribution in [0.4, 0.5) is 4.79 Å². The first-order valence-corrected chi connectivity index (χ1v) is 5.95. The summed E-state index contributed by atoms with van der Waals surface area (Å²) in [5, 5.41) is 12.3. The van der Waals surface area contributed by atoms with Gasteiger partial charge >= 0.3 is 6.09 Å². The number of ether oxygens (including phenoxy) is 1. The van der Waals surface area contributed by atoms with Crippen molar-refractivity contribution in [3.05, 3.63) is 29.3 Å². The smallest absolute Gasteiger partial charge is 0.407 e. The van der Waals surface area contributed by atoms with Crippen LogP contribution >= 0.6 is 11.6 Å². The molecule has 1 amide bonds. The van der Waals surface area contributed by atoms with E-state index < -0.39 is 12.3 Å². The molecule has 1 atom stereocenters. The minimum absolute atomic E-state index is 0.0349. The van der Waals surface area contributed by atoms with Crippen LogP contribution in [-0.2, 0) is 4.79 Å². The zero-order valence-corrected chi connectivity index (χ0v) is 11.1. The molecule has 7 heteroatoms. The number of hydrogen-bond donors (Lipinski definition) is 2. The van der Waals surface area contributed by atoms with Crippen molar-refractivity contribution in [2.75, 3.05) is 20.1 Å². The minimum atomic E-state index is -1.17. The van der Waals surface area contributed by atoms with Gasteiger partial charge < -0.3 is 14.6 Å². The third-order valence-corrected chi connectivity index (χ3v) is 2.62. The molecule has 0 aliphatic heterocycles. The maximum absolute atomic E-state index is 10.9. The molecule has 0 radical (unpaired) electrons. The van der Waals surface area contributed by atoms with Crippen LogP contribution in [0.1, 0.15) is 0 Å². The summed E-state index contributed by atoms with van der Waals surface area (Å²) in [5.74, 6) is 0.556. The van der Waals surface area contributed by atoms with E-state index in [0.717, 1.165) is 4.90 Å². The normalized spacial score (nSPS) is 11.7. The van der Waals surface area contributed by atoms with Gasteiger partial charge in [0.1, 0.15) is 12.0 Å². The third kappa shape index (κ3) is 5.15. The number of benzene rings is 1. The van der Waals surface area contributed by atoms with Gasteiger partial charge in [-0.1, -0.05) is 11.6 Å². The standard InChI is InChI=1S/C12H15ClN2O4/c1-14-11(8-15(6-7-16)12(17)18)19-10-4-2-9(13)3-5-10/h2-5,7,11,14H,6,8H2,1H3,(H,17,18). The van der Waals surface area contributed by atoms with Gasteiger partial charge in [0.15, 0.2) is 6.23 Å². The fourth-order valence-electron chi connectivity index (χ4n) is 1.39.